The zero-order chi connectivity index (χ0) is 18.2. The molecular formula is C21H17ClN2O2. The zero-order valence-corrected chi connectivity index (χ0v) is 14.7. The maximum Gasteiger partial charge on any atom is 0.249 e. The lowest BCUT2D eigenvalue weighted by Crippen LogP contribution is -2.08. The molecule has 0 radical (unpaired) electrons. The van der Waals surface area contributed by atoms with Crippen LogP contribution in [0.3, 0.4) is 0 Å². The van der Waals surface area contributed by atoms with E-state index in [1.807, 2.05) is 54.6 Å². The maximum absolute atomic E-state index is 11.9. The highest BCUT2D eigenvalue weighted by Crippen LogP contribution is 2.15. The van der Waals surface area contributed by atoms with Gasteiger partial charge in [0.2, 0.25) is 5.91 Å². The van der Waals surface area contributed by atoms with Crippen LogP contribution in [0.25, 0.3) is 6.08 Å². The fourth-order valence-corrected chi connectivity index (χ4v) is 2.32. The number of anilines is 1. The van der Waals surface area contributed by atoms with E-state index < -0.39 is 0 Å². The van der Waals surface area contributed by atoms with Gasteiger partial charge in [-0.05, 0) is 41.5 Å². The summed E-state index contributed by atoms with van der Waals surface area (Å²) in [6, 6.07) is 20.8. The standard InChI is InChI=1S/C21H17ClN2O2/c22-18-9-12-20(23-14-18)24-21(25)13-8-16-6-10-19(11-7-16)26-15-17-4-2-1-3-5-17/h1-14H,15H2,(H,23,24,25)/b13-8+. The number of amides is 1. The van der Waals surface area contributed by atoms with Gasteiger partial charge >= 0.3 is 0 Å². The van der Waals surface area contributed by atoms with Crippen molar-refractivity contribution < 1.29 is 9.53 Å². The molecule has 0 bridgehead atoms. The van der Waals surface area contributed by atoms with Crippen LogP contribution in [0.4, 0.5) is 5.82 Å². The average molecular weight is 365 g/mol. The van der Waals surface area contributed by atoms with E-state index in [4.69, 9.17) is 16.3 Å². The number of hydrogen-bond acceptors (Lipinski definition) is 3. The molecule has 0 saturated heterocycles. The van der Waals surface area contributed by atoms with Crippen molar-refractivity contribution in [2.24, 2.45) is 0 Å². The first-order valence-corrected chi connectivity index (χ1v) is 8.44. The molecular weight excluding hydrogens is 348 g/mol. The number of nitrogens with one attached hydrogen (secondary N) is 1. The number of benzene rings is 2. The molecule has 0 unspecified atom stereocenters. The van der Waals surface area contributed by atoms with Gasteiger partial charge in [-0.1, -0.05) is 54.1 Å². The van der Waals surface area contributed by atoms with E-state index in [0.717, 1.165) is 16.9 Å². The van der Waals surface area contributed by atoms with Gasteiger partial charge in [-0.15, -0.1) is 0 Å². The molecule has 5 heteroatoms. The van der Waals surface area contributed by atoms with Crippen molar-refractivity contribution in [1.82, 2.24) is 4.98 Å². The predicted molar refractivity (Wildman–Crippen MR) is 104 cm³/mol. The van der Waals surface area contributed by atoms with Crippen LogP contribution in [-0.2, 0) is 11.4 Å². The highest BCUT2D eigenvalue weighted by Gasteiger charge is 2.00. The van der Waals surface area contributed by atoms with Crippen molar-refractivity contribution in [3.05, 3.63) is 95.2 Å². The van der Waals surface area contributed by atoms with Crippen molar-refractivity contribution in [1.29, 1.82) is 0 Å². The second kappa shape index (κ2) is 8.83. The normalized spacial score (nSPS) is 10.7. The largest absolute Gasteiger partial charge is 0.489 e. The van der Waals surface area contributed by atoms with Gasteiger partial charge in [-0.2, -0.15) is 0 Å². The predicted octanol–water partition coefficient (Wildman–Crippen LogP) is 4.97. The molecule has 26 heavy (non-hydrogen) atoms. The SMILES string of the molecule is O=C(/C=C/c1ccc(OCc2ccccc2)cc1)Nc1ccc(Cl)cn1. The molecule has 0 saturated carbocycles. The fraction of sp³-hybridized carbons (Fsp3) is 0.0476. The molecule has 0 spiro atoms. The summed E-state index contributed by atoms with van der Waals surface area (Å²) in [6.45, 7) is 0.520. The Kier molecular flexibility index (Phi) is 6.01. The highest BCUT2D eigenvalue weighted by molar-refractivity contribution is 6.30. The zero-order valence-electron chi connectivity index (χ0n) is 13.9. The third kappa shape index (κ3) is 5.46. The molecule has 0 fully saturated rings. The second-order valence-electron chi connectivity index (χ2n) is 5.53. The van der Waals surface area contributed by atoms with Crippen LogP contribution in [0.15, 0.2) is 79.0 Å². The Labute approximate surface area is 157 Å². The van der Waals surface area contributed by atoms with E-state index in [0.29, 0.717) is 17.4 Å². The third-order valence-electron chi connectivity index (χ3n) is 3.53. The molecule has 1 aromatic heterocycles. The minimum atomic E-state index is -0.260. The Hall–Kier alpha value is -3.11. The molecule has 1 heterocycles. The highest BCUT2D eigenvalue weighted by atomic mass is 35.5. The molecule has 0 aliphatic heterocycles. The molecule has 0 atom stereocenters. The number of carbonyl (C=O) groups excluding carboxylic acids is 1. The summed E-state index contributed by atoms with van der Waals surface area (Å²) in [4.78, 5) is 15.9. The average Bonchev–Trinajstić information content (AvgIpc) is 2.68. The van der Waals surface area contributed by atoms with Crippen LogP contribution in [0.2, 0.25) is 5.02 Å². The third-order valence-corrected chi connectivity index (χ3v) is 3.76. The van der Waals surface area contributed by atoms with E-state index in [1.165, 1.54) is 12.3 Å². The van der Waals surface area contributed by atoms with Gasteiger partial charge in [-0.3, -0.25) is 4.79 Å². The van der Waals surface area contributed by atoms with Gasteiger partial charge in [0, 0.05) is 12.3 Å². The first kappa shape index (κ1) is 17.7. The van der Waals surface area contributed by atoms with E-state index in [-0.39, 0.29) is 5.91 Å². The quantitative estimate of drug-likeness (QED) is 0.628. The van der Waals surface area contributed by atoms with Crippen molar-refractivity contribution in [3.63, 3.8) is 0 Å². The number of carbonyl (C=O) groups is 1. The number of nitrogens with zero attached hydrogens (tertiary/aromatic N) is 1. The van der Waals surface area contributed by atoms with Crippen LogP contribution < -0.4 is 10.1 Å². The first-order chi connectivity index (χ1) is 12.7. The smallest absolute Gasteiger partial charge is 0.249 e. The Bertz CT molecular complexity index is 876. The summed E-state index contributed by atoms with van der Waals surface area (Å²) >= 11 is 5.76. The molecule has 3 aromatic rings. The molecule has 4 nitrogen and oxygen atoms in total. The summed E-state index contributed by atoms with van der Waals surface area (Å²) in [5, 5.41) is 3.19. The first-order valence-electron chi connectivity index (χ1n) is 8.06. The number of halogens is 1. The summed E-state index contributed by atoms with van der Waals surface area (Å²) in [7, 11) is 0. The van der Waals surface area contributed by atoms with Crippen molar-refractivity contribution in [2.75, 3.05) is 5.32 Å². The summed E-state index contributed by atoms with van der Waals surface area (Å²) in [5.41, 5.74) is 2.01. The van der Waals surface area contributed by atoms with Crippen LogP contribution >= 0.6 is 11.6 Å². The Morgan fingerprint density at radius 2 is 1.81 bits per heavy atom. The summed E-state index contributed by atoms with van der Waals surface area (Å²) in [6.07, 6.45) is 4.66. The molecule has 1 N–H and O–H groups in total. The van der Waals surface area contributed by atoms with Crippen molar-refractivity contribution >= 4 is 29.4 Å². The molecule has 130 valence electrons. The van der Waals surface area contributed by atoms with Gasteiger partial charge in [-0.25, -0.2) is 4.98 Å². The number of aromatic nitrogens is 1. The Balaban J connectivity index is 1.52. The molecule has 2 aromatic carbocycles. The number of ether oxygens (including phenoxy) is 1. The van der Waals surface area contributed by atoms with Crippen molar-refractivity contribution in [2.45, 2.75) is 6.61 Å². The minimum Gasteiger partial charge on any atom is -0.489 e. The van der Waals surface area contributed by atoms with Gasteiger partial charge in [0.1, 0.15) is 18.2 Å². The van der Waals surface area contributed by atoms with Crippen LogP contribution in [0.5, 0.6) is 5.75 Å². The lowest BCUT2D eigenvalue weighted by atomic mass is 10.2. The van der Waals surface area contributed by atoms with Crippen LogP contribution in [0, 0.1) is 0 Å². The van der Waals surface area contributed by atoms with E-state index in [9.17, 15) is 4.79 Å². The van der Waals surface area contributed by atoms with Crippen molar-refractivity contribution in [3.8, 4) is 5.75 Å². The van der Waals surface area contributed by atoms with Gasteiger partial charge in [0.25, 0.3) is 0 Å². The van der Waals surface area contributed by atoms with E-state index >= 15 is 0 Å². The number of hydrogen-bond donors (Lipinski definition) is 1. The summed E-state index contributed by atoms with van der Waals surface area (Å²) < 4.78 is 5.74. The topological polar surface area (TPSA) is 51.2 Å². The van der Waals surface area contributed by atoms with Gasteiger partial charge < -0.3 is 10.1 Å². The molecule has 0 aliphatic carbocycles. The van der Waals surface area contributed by atoms with Gasteiger partial charge in [0.15, 0.2) is 0 Å². The second-order valence-corrected chi connectivity index (χ2v) is 5.96. The molecule has 1 amide bonds. The maximum atomic E-state index is 11.9. The lowest BCUT2D eigenvalue weighted by Gasteiger charge is -2.06. The number of pyridine rings is 1. The fourth-order valence-electron chi connectivity index (χ4n) is 2.21. The van der Waals surface area contributed by atoms with Gasteiger partial charge in [0.05, 0.1) is 5.02 Å². The summed E-state index contributed by atoms with van der Waals surface area (Å²) in [5.74, 6) is 0.971. The minimum absolute atomic E-state index is 0.260. The lowest BCUT2D eigenvalue weighted by molar-refractivity contribution is -0.111. The number of rotatable bonds is 6. The Morgan fingerprint density at radius 1 is 1.04 bits per heavy atom. The van der Waals surface area contributed by atoms with E-state index in [2.05, 4.69) is 10.3 Å². The molecule has 3 rings (SSSR count). The monoisotopic (exact) mass is 364 g/mol. The van der Waals surface area contributed by atoms with E-state index in [1.54, 1.807) is 18.2 Å². The van der Waals surface area contributed by atoms with Crippen LogP contribution in [-0.4, -0.2) is 10.9 Å². The Morgan fingerprint density at radius 3 is 2.50 bits per heavy atom. The molecule has 0 aliphatic rings. The van der Waals surface area contributed by atoms with Crippen LogP contribution in [0.1, 0.15) is 11.1 Å².